The monoisotopic (exact) mass is 1030 g/mol. The zero-order valence-electron chi connectivity index (χ0n) is 40.7. The number of fused-ring (bicyclic) bond motifs is 4. The van der Waals surface area contributed by atoms with Gasteiger partial charge in [-0.15, -0.1) is 0 Å². The molecule has 0 aliphatic carbocycles. The average Bonchev–Trinajstić information content (AvgIpc) is 4.12. The Morgan fingerprint density at radius 1 is 0.904 bits per heavy atom. The lowest BCUT2D eigenvalue weighted by atomic mass is 9.90. The molecule has 0 saturated carbocycles. The van der Waals surface area contributed by atoms with Gasteiger partial charge in [-0.2, -0.15) is 10.2 Å². The second-order valence-electron chi connectivity index (χ2n) is 19.0. The molecule has 4 aromatic heterocycles. The molecular weight excluding hydrogens is 976 g/mol. The van der Waals surface area contributed by atoms with E-state index in [1.807, 2.05) is 67.6 Å². The van der Waals surface area contributed by atoms with Crippen molar-refractivity contribution in [1.82, 2.24) is 59.8 Å². The number of aryl methyl sites for hydroxylation is 1. The maximum Gasteiger partial charge on any atom is 0.281 e. The molecule has 2 aliphatic rings. The molecule has 382 valence electrons. The van der Waals surface area contributed by atoms with Gasteiger partial charge in [0, 0.05) is 106 Å². The number of hydrogen-bond acceptors (Lipinski definition) is 11. The molecule has 1 fully saturated rings. The van der Waals surface area contributed by atoms with Crippen LogP contribution >= 0.6 is 23.2 Å². The SMILES string of the molecule is C[C@H](CC(=O)N1CCC(O)(Cn2cnc3c(-c4ccc(CNCC(=O)NCCC(=O)NCCn5ccc(-c6cc(Cl)c(Cl)c7[nH]c8c(c67)CN(C(=O)CO)CC8)n5)cc4)n(C)nc3c2=O)CC1)c1ccccc1. The Bertz CT molecular complexity index is 3230. The highest BCUT2D eigenvalue weighted by Gasteiger charge is 2.35. The Hall–Kier alpha value is -6.90. The number of piperidine rings is 1. The molecule has 4 amide bonds. The van der Waals surface area contributed by atoms with E-state index in [9.17, 15) is 34.2 Å². The largest absolute Gasteiger partial charge is 0.388 e. The van der Waals surface area contributed by atoms with Crippen LogP contribution < -0.4 is 21.5 Å². The molecule has 1 atom stereocenters. The van der Waals surface area contributed by atoms with Gasteiger partial charge in [0.05, 0.1) is 58.5 Å². The third-order valence-corrected chi connectivity index (χ3v) is 14.7. The number of carbonyl (C=O) groups excluding carboxylic acids is 4. The van der Waals surface area contributed by atoms with Crippen molar-refractivity contribution in [3.05, 3.63) is 122 Å². The Morgan fingerprint density at radius 2 is 1.66 bits per heavy atom. The van der Waals surface area contributed by atoms with Crippen LogP contribution in [-0.4, -0.2) is 129 Å². The molecule has 6 N–H and O–H groups in total. The van der Waals surface area contributed by atoms with Crippen LogP contribution in [0, 0.1) is 0 Å². The van der Waals surface area contributed by atoms with Crippen LogP contribution in [0.1, 0.15) is 60.9 Å². The van der Waals surface area contributed by atoms with E-state index < -0.39 is 12.2 Å². The fraction of sp³-hybridized carbons (Fsp3) is 0.385. The molecule has 21 heteroatoms. The van der Waals surface area contributed by atoms with Gasteiger partial charge in [-0.25, -0.2) is 4.98 Å². The molecule has 0 radical (unpaired) electrons. The molecule has 3 aromatic carbocycles. The Kier molecular flexibility index (Phi) is 15.4. The first-order valence-electron chi connectivity index (χ1n) is 24.4. The van der Waals surface area contributed by atoms with E-state index in [-0.39, 0.29) is 66.7 Å². The standard InChI is InChI=1S/C52H58Cl2N12O7/c1-32(34-6-4-3-5-7-34)24-43(70)63-21-15-52(73,16-22-63)30-65-31-58-48-49(51(65)72)61-62(2)50(48)35-10-8-33(9-11-35)26-55-27-42(69)56-17-12-41(68)57-18-23-66-20-14-40(60-66)36-25-38(53)46(54)47-45(36)37-28-64(44(71)29-67)19-13-39(37)59-47/h3-11,14,20,25,31-32,55,59,67,73H,12-13,15-19,21-24,26-30H2,1-2H3,(H,56,69)(H,57,68)/t32-/m1/s1. The van der Waals surface area contributed by atoms with Gasteiger partial charge in [-0.3, -0.25) is 37.9 Å². The van der Waals surface area contributed by atoms with Crippen molar-refractivity contribution in [2.45, 2.75) is 76.7 Å². The number of aliphatic hydroxyl groups is 2. The van der Waals surface area contributed by atoms with Gasteiger partial charge in [0.2, 0.25) is 23.6 Å². The number of H-pyrrole nitrogens is 1. The van der Waals surface area contributed by atoms with Gasteiger partial charge < -0.3 is 40.9 Å². The third-order valence-electron chi connectivity index (χ3n) is 13.9. The number of hydrogen-bond donors (Lipinski definition) is 6. The number of aromatic amines is 1. The molecule has 0 bridgehead atoms. The van der Waals surface area contributed by atoms with Crippen LogP contribution in [0.3, 0.4) is 0 Å². The minimum Gasteiger partial charge on any atom is -0.388 e. The molecule has 7 aromatic rings. The predicted octanol–water partition coefficient (Wildman–Crippen LogP) is 4.29. The van der Waals surface area contributed by atoms with Crippen molar-refractivity contribution in [2.24, 2.45) is 7.05 Å². The predicted molar refractivity (Wildman–Crippen MR) is 277 cm³/mol. The van der Waals surface area contributed by atoms with Crippen molar-refractivity contribution in [3.8, 4) is 22.5 Å². The quantitative estimate of drug-likeness (QED) is 0.0710. The molecule has 0 spiro atoms. The van der Waals surface area contributed by atoms with E-state index in [1.54, 1.807) is 38.5 Å². The smallest absolute Gasteiger partial charge is 0.281 e. The number of carbonyl (C=O) groups is 4. The Balaban J connectivity index is 0.700. The van der Waals surface area contributed by atoms with Crippen molar-refractivity contribution >= 4 is 68.8 Å². The summed E-state index contributed by atoms with van der Waals surface area (Å²) in [5.74, 6) is -0.686. The second-order valence-corrected chi connectivity index (χ2v) is 19.7. The minimum atomic E-state index is -1.18. The van der Waals surface area contributed by atoms with Crippen molar-refractivity contribution in [1.29, 1.82) is 0 Å². The molecule has 9 rings (SSSR count). The number of aromatic nitrogens is 7. The summed E-state index contributed by atoms with van der Waals surface area (Å²) in [7, 11) is 1.75. The number of nitrogens with zero attached hydrogens (tertiary/aromatic N) is 8. The molecule has 1 saturated heterocycles. The highest BCUT2D eigenvalue weighted by Crippen LogP contribution is 2.42. The third kappa shape index (κ3) is 11.4. The van der Waals surface area contributed by atoms with Gasteiger partial charge in [-0.05, 0) is 42.0 Å². The zero-order valence-corrected chi connectivity index (χ0v) is 42.2. The number of aliphatic hydroxyl groups excluding tert-OH is 1. The normalized spacial score (nSPS) is 14.9. The second kappa shape index (κ2) is 22.1. The number of nitrogens with one attached hydrogen (secondary N) is 4. The molecule has 73 heavy (non-hydrogen) atoms. The number of benzene rings is 3. The summed E-state index contributed by atoms with van der Waals surface area (Å²) < 4.78 is 4.74. The summed E-state index contributed by atoms with van der Waals surface area (Å²) in [5.41, 5.74) is 6.51. The lowest BCUT2D eigenvalue weighted by Gasteiger charge is -2.38. The highest BCUT2D eigenvalue weighted by atomic mass is 35.5. The molecular formula is C52H58Cl2N12O7. The van der Waals surface area contributed by atoms with Crippen LogP contribution in [0.25, 0.3) is 44.5 Å². The van der Waals surface area contributed by atoms with Gasteiger partial charge in [0.15, 0.2) is 5.52 Å². The fourth-order valence-corrected chi connectivity index (χ4v) is 10.2. The van der Waals surface area contributed by atoms with E-state index in [2.05, 4.69) is 31.0 Å². The van der Waals surface area contributed by atoms with Crippen LogP contribution in [-0.2, 0) is 58.8 Å². The summed E-state index contributed by atoms with van der Waals surface area (Å²) in [6, 6.07) is 21.2. The summed E-state index contributed by atoms with van der Waals surface area (Å²) in [4.78, 5) is 75.8. The number of likely N-dealkylation sites (tertiary alicyclic amines) is 1. The Morgan fingerprint density at radius 3 is 2.41 bits per heavy atom. The van der Waals surface area contributed by atoms with E-state index >= 15 is 0 Å². The van der Waals surface area contributed by atoms with E-state index in [1.165, 1.54) is 10.9 Å². The lowest BCUT2D eigenvalue weighted by Crippen LogP contribution is -2.49. The topological polar surface area (TPSA) is 238 Å². The van der Waals surface area contributed by atoms with Crippen LogP contribution in [0.4, 0.5) is 0 Å². The lowest BCUT2D eigenvalue weighted by molar-refractivity contribution is -0.136. The van der Waals surface area contributed by atoms with E-state index in [4.69, 9.17) is 28.3 Å². The maximum atomic E-state index is 13.7. The first-order valence-corrected chi connectivity index (χ1v) is 25.2. The zero-order chi connectivity index (χ0) is 51.4. The van der Waals surface area contributed by atoms with E-state index in [0.717, 1.165) is 38.9 Å². The van der Waals surface area contributed by atoms with Crippen molar-refractivity contribution in [3.63, 3.8) is 0 Å². The van der Waals surface area contributed by atoms with Crippen LogP contribution in [0.15, 0.2) is 84.0 Å². The number of halogens is 2. The molecule has 6 heterocycles. The summed E-state index contributed by atoms with van der Waals surface area (Å²) in [5, 5.41) is 40.6. The van der Waals surface area contributed by atoms with E-state index in [0.29, 0.717) is 104 Å². The molecule has 19 nitrogen and oxygen atoms in total. The first kappa shape index (κ1) is 51.0. The number of rotatable bonds is 18. The molecule has 2 aliphatic heterocycles. The van der Waals surface area contributed by atoms with Gasteiger partial charge in [0.1, 0.15) is 12.1 Å². The average molecular weight is 1030 g/mol. The highest BCUT2D eigenvalue weighted by molar-refractivity contribution is 6.45. The first-order chi connectivity index (χ1) is 35.2. The minimum absolute atomic E-state index is 0.0407. The van der Waals surface area contributed by atoms with Crippen molar-refractivity contribution in [2.75, 3.05) is 45.9 Å². The summed E-state index contributed by atoms with van der Waals surface area (Å²) in [6.07, 6.45) is 5.00. The van der Waals surface area contributed by atoms with Gasteiger partial charge >= 0.3 is 0 Å². The van der Waals surface area contributed by atoms with Crippen LogP contribution in [0.2, 0.25) is 10.0 Å². The molecule has 0 unspecified atom stereocenters. The maximum absolute atomic E-state index is 13.7. The van der Waals surface area contributed by atoms with Gasteiger partial charge in [0.25, 0.3) is 5.56 Å². The summed E-state index contributed by atoms with van der Waals surface area (Å²) >= 11 is 13.2. The van der Waals surface area contributed by atoms with Gasteiger partial charge in [-0.1, -0.05) is 84.7 Å². The van der Waals surface area contributed by atoms with Crippen LogP contribution in [0.5, 0.6) is 0 Å². The van der Waals surface area contributed by atoms with Crippen molar-refractivity contribution < 1.29 is 29.4 Å². The fourth-order valence-electron chi connectivity index (χ4n) is 9.83. The Labute approximate surface area is 430 Å². The summed E-state index contributed by atoms with van der Waals surface area (Å²) in [6.45, 7) is 4.43. The number of amides is 4.